The molecular formula is C20H24FN3O3. The van der Waals surface area contributed by atoms with Crippen LogP contribution in [-0.2, 0) is 9.59 Å². The number of rotatable bonds is 7. The maximum absolute atomic E-state index is 13.6. The van der Waals surface area contributed by atoms with E-state index in [0.717, 1.165) is 0 Å². The van der Waals surface area contributed by atoms with Crippen molar-refractivity contribution in [3.8, 4) is 5.75 Å². The molecule has 0 bridgehead atoms. The van der Waals surface area contributed by atoms with E-state index < -0.39 is 6.04 Å². The van der Waals surface area contributed by atoms with E-state index in [0.29, 0.717) is 22.7 Å². The van der Waals surface area contributed by atoms with Crippen molar-refractivity contribution < 1.29 is 18.7 Å². The van der Waals surface area contributed by atoms with E-state index in [2.05, 4.69) is 10.6 Å². The third kappa shape index (κ3) is 5.79. The number of methoxy groups -OCH3 is 1. The second-order valence-corrected chi connectivity index (χ2v) is 6.32. The summed E-state index contributed by atoms with van der Waals surface area (Å²) in [7, 11) is 3.22. The zero-order valence-electron chi connectivity index (χ0n) is 15.9. The van der Waals surface area contributed by atoms with Crippen molar-refractivity contribution in [1.29, 1.82) is 0 Å². The first kappa shape index (κ1) is 20.4. The van der Waals surface area contributed by atoms with Crippen molar-refractivity contribution in [3.63, 3.8) is 0 Å². The lowest BCUT2D eigenvalue weighted by Gasteiger charge is -2.23. The van der Waals surface area contributed by atoms with Gasteiger partial charge in [0, 0.05) is 17.4 Å². The fourth-order valence-corrected chi connectivity index (χ4v) is 2.38. The Labute approximate surface area is 158 Å². The molecule has 1 atom stereocenters. The van der Waals surface area contributed by atoms with Crippen LogP contribution in [0.4, 0.5) is 15.8 Å². The summed E-state index contributed by atoms with van der Waals surface area (Å²) >= 11 is 0. The van der Waals surface area contributed by atoms with Crippen LogP contribution in [0.15, 0.2) is 42.5 Å². The number of anilines is 2. The summed E-state index contributed by atoms with van der Waals surface area (Å²) in [5, 5.41) is 5.42. The Kier molecular flexibility index (Phi) is 6.90. The highest BCUT2D eigenvalue weighted by Crippen LogP contribution is 2.17. The Balaban J connectivity index is 1.91. The van der Waals surface area contributed by atoms with E-state index in [1.165, 1.54) is 6.07 Å². The minimum Gasteiger partial charge on any atom is -0.497 e. The number of ether oxygens (including phenoxy) is 1. The summed E-state index contributed by atoms with van der Waals surface area (Å²) in [5.41, 5.74) is 1.50. The first-order valence-electron chi connectivity index (χ1n) is 8.51. The van der Waals surface area contributed by atoms with Gasteiger partial charge in [-0.3, -0.25) is 14.5 Å². The molecule has 2 N–H and O–H groups in total. The normalized spacial score (nSPS) is 11.8. The van der Waals surface area contributed by atoms with Crippen LogP contribution in [0.25, 0.3) is 0 Å². The second-order valence-electron chi connectivity index (χ2n) is 6.32. The molecule has 0 aliphatic rings. The molecule has 0 aliphatic heterocycles. The summed E-state index contributed by atoms with van der Waals surface area (Å²) in [6.45, 7) is 3.35. The van der Waals surface area contributed by atoms with Gasteiger partial charge < -0.3 is 15.4 Å². The lowest BCUT2D eigenvalue weighted by atomic mass is 10.2. The summed E-state index contributed by atoms with van der Waals surface area (Å²) in [6, 6.07) is 10.9. The van der Waals surface area contributed by atoms with Crippen LogP contribution in [0, 0.1) is 12.7 Å². The average Bonchev–Trinajstić information content (AvgIpc) is 2.64. The van der Waals surface area contributed by atoms with E-state index in [9.17, 15) is 14.0 Å². The van der Waals surface area contributed by atoms with Gasteiger partial charge >= 0.3 is 0 Å². The van der Waals surface area contributed by atoms with Crippen LogP contribution in [-0.4, -0.2) is 43.5 Å². The zero-order valence-corrected chi connectivity index (χ0v) is 15.9. The Bertz CT molecular complexity index is 826. The molecule has 0 fully saturated rings. The molecule has 2 aromatic rings. The van der Waals surface area contributed by atoms with Crippen LogP contribution in [0.3, 0.4) is 0 Å². The monoisotopic (exact) mass is 373 g/mol. The van der Waals surface area contributed by atoms with E-state index in [1.807, 2.05) is 0 Å². The van der Waals surface area contributed by atoms with Crippen LogP contribution >= 0.6 is 0 Å². The Morgan fingerprint density at radius 2 is 1.85 bits per heavy atom. The van der Waals surface area contributed by atoms with Crippen molar-refractivity contribution in [3.05, 3.63) is 53.8 Å². The molecule has 0 saturated heterocycles. The number of nitrogens with zero attached hydrogens (tertiary/aromatic N) is 1. The highest BCUT2D eigenvalue weighted by atomic mass is 19.1. The number of aryl methyl sites for hydroxylation is 1. The molecule has 2 amide bonds. The predicted molar refractivity (Wildman–Crippen MR) is 103 cm³/mol. The van der Waals surface area contributed by atoms with Crippen molar-refractivity contribution in [2.75, 3.05) is 31.3 Å². The first-order valence-corrected chi connectivity index (χ1v) is 8.51. The number of carbonyl (C=O) groups is 2. The fourth-order valence-electron chi connectivity index (χ4n) is 2.38. The van der Waals surface area contributed by atoms with Gasteiger partial charge in [0.05, 0.1) is 19.7 Å². The lowest BCUT2D eigenvalue weighted by Crippen LogP contribution is -2.43. The van der Waals surface area contributed by atoms with Gasteiger partial charge in [0.2, 0.25) is 11.8 Å². The highest BCUT2D eigenvalue weighted by molar-refractivity contribution is 5.96. The van der Waals surface area contributed by atoms with Crippen molar-refractivity contribution >= 4 is 23.2 Å². The van der Waals surface area contributed by atoms with Gasteiger partial charge in [-0.1, -0.05) is 12.1 Å². The topological polar surface area (TPSA) is 70.7 Å². The second kappa shape index (κ2) is 9.14. The van der Waals surface area contributed by atoms with Gasteiger partial charge in [0.15, 0.2) is 0 Å². The van der Waals surface area contributed by atoms with Crippen LogP contribution in [0.5, 0.6) is 5.75 Å². The van der Waals surface area contributed by atoms with Crippen molar-refractivity contribution in [2.24, 2.45) is 0 Å². The summed E-state index contributed by atoms with van der Waals surface area (Å²) in [5.74, 6) is -0.326. The predicted octanol–water partition coefficient (Wildman–Crippen LogP) is 3.04. The third-order valence-electron chi connectivity index (χ3n) is 4.23. The maximum Gasteiger partial charge on any atom is 0.241 e. The van der Waals surface area contributed by atoms with Crippen LogP contribution in [0.2, 0.25) is 0 Å². The molecular weight excluding hydrogens is 349 g/mol. The minimum absolute atomic E-state index is 0.0219. The zero-order chi connectivity index (χ0) is 20.0. The third-order valence-corrected chi connectivity index (χ3v) is 4.23. The molecule has 0 spiro atoms. The molecule has 1 unspecified atom stereocenters. The van der Waals surface area contributed by atoms with E-state index in [4.69, 9.17) is 4.74 Å². The number of nitrogens with one attached hydrogen (secondary N) is 2. The van der Waals surface area contributed by atoms with Gasteiger partial charge in [0.1, 0.15) is 11.6 Å². The molecule has 2 aromatic carbocycles. The smallest absolute Gasteiger partial charge is 0.241 e. The molecule has 0 saturated carbocycles. The molecule has 144 valence electrons. The molecule has 0 aromatic heterocycles. The van der Waals surface area contributed by atoms with Crippen LogP contribution < -0.4 is 15.4 Å². The lowest BCUT2D eigenvalue weighted by molar-refractivity contribution is -0.122. The molecule has 0 radical (unpaired) electrons. The number of hydrogen-bond acceptors (Lipinski definition) is 4. The molecule has 6 nitrogen and oxygen atoms in total. The number of benzene rings is 2. The number of carbonyl (C=O) groups excluding carboxylic acids is 2. The molecule has 27 heavy (non-hydrogen) atoms. The average molecular weight is 373 g/mol. The summed E-state index contributed by atoms with van der Waals surface area (Å²) < 4.78 is 18.7. The van der Waals surface area contributed by atoms with Gasteiger partial charge in [-0.2, -0.15) is 0 Å². The van der Waals surface area contributed by atoms with Gasteiger partial charge in [-0.25, -0.2) is 4.39 Å². The Morgan fingerprint density at radius 3 is 2.52 bits per heavy atom. The first-order chi connectivity index (χ1) is 12.8. The molecule has 7 heteroatoms. The molecule has 0 aliphatic carbocycles. The number of likely N-dealkylation sites (N-methyl/N-ethyl adjacent to an activating group) is 1. The number of halogens is 1. The SMILES string of the molecule is COc1cccc(NC(=O)CN(C)C(C)C(=O)Nc2ccc(C)c(F)c2)c1. The largest absolute Gasteiger partial charge is 0.497 e. The van der Waals surface area contributed by atoms with Crippen molar-refractivity contribution in [2.45, 2.75) is 19.9 Å². The summed E-state index contributed by atoms with van der Waals surface area (Å²) in [4.78, 5) is 26.2. The maximum atomic E-state index is 13.6. The quantitative estimate of drug-likeness (QED) is 0.783. The van der Waals surface area contributed by atoms with Crippen LogP contribution in [0.1, 0.15) is 12.5 Å². The van der Waals surface area contributed by atoms with Gasteiger partial charge in [-0.15, -0.1) is 0 Å². The minimum atomic E-state index is -0.578. The highest BCUT2D eigenvalue weighted by Gasteiger charge is 2.20. The number of hydrogen-bond donors (Lipinski definition) is 2. The van der Waals surface area contributed by atoms with Gasteiger partial charge in [0.25, 0.3) is 0 Å². The van der Waals surface area contributed by atoms with E-state index in [-0.39, 0.29) is 24.2 Å². The van der Waals surface area contributed by atoms with Gasteiger partial charge in [-0.05, 0) is 50.7 Å². The number of amides is 2. The Morgan fingerprint density at radius 1 is 1.15 bits per heavy atom. The molecule has 2 rings (SSSR count). The van der Waals surface area contributed by atoms with E-state index in [1.54, 1.807) is 69.3 Å². The van der Waals surface area contributed by atoms with Crippen molar-refractivity contribution in [1.82, 2.24) is 4.90 Å². The molecule has 0 heterocycles. The standard InChI is InChI=1S/C20H24FN3O3/c1-13-8-9-16(11-18(13)21)23-20(26)14(2)24(3)12-19(25)22-15-6-5-7-17(10-15)27-4/h5-11,14H,12H2,1-4H3,(H,22,25)(H,23,26). The van der Waals surface area contributed by atoms with E-state index >= 15 is 0 Å². The summed E-state index contributed by atoms with van der Waals surface area (Å²) in [6.07, 6.45) is 0. The fraction of sp³-hybridized carbons (Fsp3) is 0.300. The Hall–Kier alpha value is -2.93.